The number of nitrogens with one attached hydrogen (secondary N) is 1. The van der Waals surface area contributed by atoms with Crippen LogP contribution in [0.2, 0.25) is 0 Å². The van der Waals surface area contributed by atoms with E-state index >= 15 is 0 Å². The molecule has 2 aromatic rings. The zero-order valence-electron chi connectivity index (χ0n) is 9.33. The number of hydrogen-bond acceptors (Lipinski definition) is 7. The van der Waals surface area contributed by atoms with Gasteiger partial charge in [-0.25, -0.2) is 9.97 Å². The van der Waals surface area contributed by atoms with Gasteiger partial charge in [-0.3, -0.25) is 0 Å². The molecule has 0 fully saturated rings. The van der Waals surface area contributed by atoms with Crippen LogP contribution in [0.25, 0.3) is 0 Å². The van der Waals surface area contributed by atoms with E-state index in [0.29, 0.717) is 12.6 Å². The molecule has 0 aromatic carbocycles. The predicted octanol–water partition coefficient (Wildman–Crippen LogP) is 1.39. The number of rotatable bonds is 5. The highest BCUT2D eigenvalue weighted by Crippen LogP contribution is 2.15. The van der Waals surface area contributed by atoms with E-state index in [1.165, 1.54) is 6.33 Å². The van der Waals surface area contributed by atoms with Crippen LogP contribution in [-0.2, 0) is 0 Å². The molecule has 0 aliphatic rings. The van der Waals surface area contributed by atoms with Crippen molar-refractivity contribution in [2.45, 2.75) is 13.0 Å². The van der Waals surface area contributed by atoms with Crippen molar-refractivity contribution < 1.29 is 4.74 Å². The lowest BCUT2D eigenvalue weighted by Gasteiger charge is -2.13. The average Bonchev–Trinajstić information content (AvgIpc) is 2.79. The number of nitrogen functional groups attached to an aromatic ring is 1. The molecular formula is C10H13N5OS. The Bertz CT molecular complexity index is 461. The number of ether oxygens (including phenoxy) is 1. The van der Waals surface area contributed by atoms with E-state index in [0.717, 1.165) is 5.75 Å². The molecule has 0 bridgehead atoms. The van der Waals surface area contributed by atoms with E-state index in [1.807, 2.05) is 23.8 Å². The molecule has 2 aromatic heterocycles. The maximum atomic E-state index is 5.56. The molecule has 1 atom stereocenters. The molecule has 0 spiro atoms. The summed E-state index contributed by atoms with van der Waals surface area (Å²) in [5.74, 6) is 1.53. The fourth-order valence-electron chi connectivity index (χ4n) is 1.20. The van der Waals surface area contributed by atoms with Gasteiger partial charge in [-0.2, -0.15) is 4.98 Å². The first kappa shape index (κ1) is 11.6. The Kier molecular flexibility index (Phi) is 3.71. The van der Waals surface area contributed by atoms with Crippen LogP contribution in [0.1, 0.15) is 6.92 Å². The molecule has 7 heteroatoms. The van der Waals surface area contributed by atoms with Gasteiger partial charge in [-0.1, -0.05) is 0 Å². The smallest absolute Gasteiger partial charge is 0.227 e. The van der Waals surface area contributed by atoms with Crippen LogP contribution in [0.15, 0.2) is 23.2 Å². The van der Waals surface area contributed by atoms with Gasteiger partial charge in [0.25, 0.3) is 0 Å². The summed E-state index contributed by atoms with van der Waals surface area (Å²) in [5, 5.41) is 7.01. The van der Waals surface area contributed by atoms with Gasteiger partial charge in [-0.15, -0.1) is 11.3 Å². The Balaban J connectivity index is 1.83. The Hall–Kier alpha value is -1.89. The van der Waals surface area contributed by atoms with Crippen molar-refractivity contribution in [3.05, 3.63) is 23.2 Å². The molecule has 0 saturated carbocycles. The van der Waals surface area contributed by atoms with Gasteiger partial charge in [-0.05, 0) is 18.4 Å². The second kappa shape index (κ2) is 5.44. The second-order valence-corrected chi connectivity index (χ2v) is 4.26. The summed E-state index contributed by atoms with van der Waals surface area (Å²) >= 11 is 1.60. The van der Waals surface area contributed by atoms with Crippen molar-refractivity contribution in [1.29, 1.82) is 0 Å². The minimum atomic E-state index is 0.0803. The van der Waals surface area contributed by atoms with E-state index in [4.69, 9.17) is 10.5 Å². The van der Waals surface area contributed by atoms with Crippen molar-refractivity contribution in [3.8, 4) is 5.75 Å². The Morgan fingerprint density at radius 3 is 3.12 bits per heavy atom. The molecule has 17 heavy (non-hydrogen) atoms. The van der Waals surface area contributed by atoms with E-state index in [-0.39, 0.29) is 12.0 Å². The fraction of sp³-hybridized carbons (Fsp3) is 0.300. The summed E-state index contributed by atoms with van der Waals surface area (Å²) in [6, 6.07) is 2.01. The SMILES string of the molecule is CC(COc1ccsc1)Nc1ncnc(N)n1. The minimum Gasteiger partial charge on any atom is -0.491 e. The van der Waals surface area contributed by atoms with Crippen LogP contribution in [0.5, 0.6) is 5.75 Å². The highest BCUT2D eigenvalue weighted by atomic mass is 32.1. The first-order chi connectivity index (χ1) is 8.24. The van der Waals surface area contributed by atoms with Crippen molar-refractivity contribution in [1.82, 2.24) is 15.0 Å². The van der Waals surface area contributed by atoms with Crippen LogP contribution in [0.3, 0.4) is 0 Å². The molecule has 90 valence electrons. The largest absolute Gasteiger partial charge is 0.491 e. The normalized spacial score (nSPS) is 12.1. The molecule has 0 saturated heterocycles. The fourth-order valence-corrected chi connectivity index (χ4v) is 1.77. The molecule has 2 heterocycles. The highest BCUT2D eigenvalue weighted by Gasteiger charge is 2.05. The summed E-state index contributed by atoms with van der Waals surface area (Å²) in [6.07, 6.45) is 1.37. The van der Waals surface area contributed by atoms with Gasteiger partial charge in [0.2, 0.25) is 11.9 Å². The molecule has 0 aliphatic carbocycles. The van der Waals surface area contributed by atoms with Gasteiger partial charge < -0.3 is 15.8 Å². The molecule has 1 unspecified atom stereocenters. The molecule has 0 radical (unpaired) electrons. The Morgan fingerprint density at radius 1 is 1.53 bits per heavy atom. The number of hydrogen-bond donors (Lipinski definition) is 2. The van der Waals surface area contributed by atoms with Crippen molar-refractivity contribution >= 4 is 23.2 Å². The zero-order valence-corrected chi connectivity index (χ0v) is 10.1. The number of nitrogens with zero attached hydrogens (tertiary/aromatic N) is 3. The van der Waals surface area contributed by atoms with Gasteiger partial charge >= 0.3 is 0 Å². The molecular weight excluding hydrogens is 238 g/mol. The third-order valence-electron chi connectivity index (χ3n) is 1.96. The number of aromatic nitrogens is 3. The van der Waals surface area contributed by atoms with Gasteiger partial charge in [0.1, 0.15) is 18.7 Å². The summed E-state index contributed by atoms with van der Waals surface area (Å²) in [4.78, 5) is 11.6. The van der Waals surface area contributed by atoms with Crippen LogP contribution >= 0.6 is 11.3 Å². The van der Waals surface area contributed by atoms with Gasteiger partial charge in [0.05, 0.1) is 6.04 Å². The summed E-state index contributed by atoms with van der Waals surface area (Å²) < 4.78 is 5.56. The molecule has 2 rings (SSSR count). The quantitative estimate of drug-likeness (QED) is 0.835. The summed E-state index contributed by atoms with van der Waals surface area (Å²) in [5.41, 5.74) is 5.45. The molecule has 0 aliphatic heterocycles. The minimum absolute atomic E-state index is 0.0803. The topological polar surface area (TPSA) is 86.0 Å². The van der Waals surface area contributed by atoms with E-state index in [2.05, 4.69) is 20.3 Å². The van der Waals surface area contributed by atoms with Crippen molar-refractivity contribution in [2.24, 2.45) is 0 Å². The van der Waals surface area contributed by atoms with Crippen molar-refractivity contribution in [2.75, 3.05) is 17.7 Å². The zero-order chi connectivity index (χ0) is 12.1. The maximum absolute atomic E-state index is 5.56. The maximum Gasteiger partial charge on any atom is 0.227 e. The van der Waals surface area contributed by atoms with Crippen LogP contribution in [0, 0.1) is 0 Å². The van der Waals surface area contributed by atoms with Crippen molar-refractivity contribution in [3.63, 3.8) is 0 Å². The molecule has 6 nitrogen and oxygen atoms in total. The highest BCUT2D eigenvalue weighted by molar-refractivity contribution is 7.08. The van der Waals surface area contributed by atoms with Gasteiger partial charge in [0.15, 0.2) is 0 Å². The van der Waals surface area contributed by atoms with E-state index in [9.17, 15) is 0 Å². The first-order valence-electron chi connectivity index (χ1n) is 5.10. The monoisotopic (exact) mass is 251 g/mol. The van der Waals surface area contributed by atoms with E-state index < -0.39 is 0 Å². The lowest BCUT2D eigenvalue weighted by molar-refractivity contribution is 0.304. The summed E-state index contributed by atoms with van der Waals surface area (Å²) in [6.45, 7) is 2.51. The number of nitrogens with two attached hydrogens (primary N) is 1. The number of thiophene rings is 1. The molecule has 0 amide bonds. The van der Waals surface area contributed by atoms with Crippen LogP contribution in [-0.4, -0.2) is 27.6 Å². The average molecular weight is 251 g/mol. The second-order valence-electron chi connectivity index (χ2n) is 3.48. The summed E-state index contributed by atoms with van der Waals surface area (Å²) in [7, 11) is 0. The third kappa shape index (κ3) is 3.56. The first-order valence-corrected chi connectivity index (χ1v) is 6.04. The third-order valence-corrected chi connectivity index (χ3v) is 2.62. The lowest BCUT2D eigenvalue weighted by atomic mass is 10.4. The number of anilines is 2. The van der Waals surface area contributed by atoms with Crippen LogP contribution in [0.4, 0.5) is 11.9 Å². The van der Waals surface area contributed by atoms with Crippen LogP contribution < -0.4 is 15.8 Å². The van der Waals surface area contributed by atoms with Gasteiger partial charge in [0, 0.05) is 5.38 Å². The standard InChI is InChI=1S/C10H13N5OS/c1-7(4-16-8-2-3-17-5-8)14-10-13-6-12-9(11)15-10/h2-3,5-7H,4H2,1H3,(H3,11,12,13,14,15). The Labute approximate surface area is 103 Å². The Morgan fingerprint density at radius 2 is 2.41 bits per heavy atom. The predicted molar refractivity (Wildman–Crippen MR) is 67.1 cm³/mol. The lowest BCUT2D eigenvalue weighted by Crippen LogP contribution is -2.24. The van der Waals surface area contributed by atoms with E-state index in [1.54, 1.807) is 11.3 Å². The molecule has 3 N–H and O–H groups in total.